The molecule has 0 aromatic heterocycles. The molecule has 0 aromatic carbocycles. The number of carbonyl (C=O) groups is 3. The Morgan fingerprint density at radius 3 is 0.829 bits per heavy atom. The van der Waals surface area contributed by atoms with E-state index in [1.54, 1.807) is 0 Å². The van der Waals surface area contributed by atoms with E-state index in [1.165, 1.54) is 186 Å². The smallest absolute Gasteiger partial charge is 0.306 e. The number of ether oxygens (including phenoxy) is 3. The lowest BCUT2D eigenvalue weighted by molar-refractivity contribution is -0.167. The first kappa shape index (κ1) is 72.8. The predicted octanol–water partition coefficient (Wildman–Crippen LogP) is 22.5. The number of carbonyl (C=O) groups excluding carboxylic acids is 3. The highest BCUT2D eigenvalue weighted by atomic mass is 16.6. The normalized spacial score (nSPS) is 12.5. The molecule has 0 aliphatic rings. The summed E-state index contributed by atoms with van der Waals surface area (Å²) in [7, 11) is 0. The van der Waals surface area contributed by atoms with Crippen LogP contribution in [0.5, 0.6) is 0 Å². The molecule has 440 valence electrons. The van der Waals surface area contributed by atoms with Gasteiger partial charge in [-0.05, 0) is 89.9 Å². The zero-order chi connectivity index (χ0) is 55.0. The summed E-state index contributed by atoms with van der Waals surface area (Å²) in [5, 5.41) is 0. The van der Waals surface area contributed by atoms with Gasteiger partial charge in [-0.25, -0.2) is 0 Å². The van der Waals surface area contributed by atoms with Gasteiger partial charge in [0.05, 0.1) is 0 Å². The third-order valence-electron chi connectivity index (χ3n) is 14.4. The molecule has 0 bridgehead atoms. The quantitative estimate of drug-likeness (QED) is 0.0261. The van der Waals surface area contributed by atoms with Gasteiger partial charge in [0.25, 0.3) is 0 Å². The Bertz CT molecular complexity index is 1400. The summed E-state index contributed by atoms with van der Waals surface area (Å²) >= 11 is 0. The van der Waals surface area contributed by atoms with Crippen LogP contribution in [0.3, 0.4) is 0 Å². The molecule has 0 spiro atoms. The van der Waals surface area contributed by atoms with E-state index in [0.717, 1.165) is 109 Å². The number of hydrogen-bond acceptors (Lipinski definition) is 6. The molecule has 6 heteroatoms. The minimum Gasteiger partial charge on any atom is -0.462 e. The molecule has 0 aliphatic heterocycles. The number of rotatable bonds is 60. The van der Waals surface area contributed by atoms with Crippen LogP contribution >= 0.6 is 0 Å². The number of unbranched alkanes of at least 4 members (excludes halogenated alkanes) is 37. The van der Waals surface area contributed by atoms with E-state index in [9.17, 15) is 14.4 Å². The molecule has 76 heavy (non-hydrogen) atoms. The van der Waals surface area contributed by atoms with Crippen molar-refractivity contribution in [1.82, 2.24) is 0 Å². The predicted molar refractivity (Wildman–Crippen MR) is 330 cm³/mol. The van der Waals surface area contributed by atoms with Crippen LogP contribution in [0, 0.1) is 0 Å². The zero-order valence-corrected chi connectivity index (χ0v) is 50.5. The number of hydrogen-bond donors (Lipinski definition) is 0. The fourth-order valence-electron chi connectivity index (χ4n) is 9.53. The lowest BCUT2D eigenvalue weighted by atomic mass is 10.0. The van der Waals surface area contributed by atoms with E-state index in [2.05, 4.69) is 93.7 Å². The van der Waals surface area contributed by atoms with E-state index in [-0.39, 0.29) is 31.1 Å². The maximum atomic E-state index is 12.8. The van der Waals surface area contributed by atoms with Crippen molar-refractivity contribution in [2.45, 2.75) is 341 Å². The Kier molecular flexibility index (Phi) is 61.7. The van der Waals surface area contributed by atoms with Crippen molar-refractivity contribution in [2.24, 2.45) is 0 Å². The molecule has 0 aromatic rings. The molecule has 1 atom stereocenters. The second kappa shape index (κ2) is 64.4. The molecule has 0 aliphatic carbocycles. The standard InChI is InChI=1S/C70H124O6/c1-4-7-10-13-16-19-21-23-25-26-27-28-29-30-31-32-33-34-35-36-37-38-39-40-41-42-43-44-46-47-49-51-54-57-60-63-69(72)75-66-67(65-74-68(71)62-59-56-53-18-15-12-9-6-3)76-70(73)64-61-58-55-52-50-48-45-24-22-20-17-14-11-8-5-2/h7,10,16-17,19-20,23-25,27-28,45,67H,4-6,8-9,11-15,18,21-22,26,29-44,46-66H2,1-3H3/b10-7-,19-16-,20-17-,25-23-,28-27-,45-24-. The fraction of sp³-hybridized carbons (Fsp3) is 0.786. The van der Waals surface area contributed by atoms with Gasteiger partial charge in [-0.1, -0.05) is 299 Å². The van der Waals surface area contributed by atoms with E-state index >= 15 is 0 Å². The Labute approximate surface area is 472 Å². The minimum atomic E-state index is -0.777. The Morgan fingerprint density at radius 1 is 0.276 bits per heavy atom. The van der Waals surface area contributed by atoms with Gasteiger partial charge in [0, 0.05) is 19.3 Å². The SMILES string of the molecule is CC/C=C\C/C=C\C/C=C\C/C=C\CCCCCCCCCCCCCCCCCCCCCCCCC(=O)OCC(COC(=O)CCCCCCCCCC)OC(=O)CCCCCCC/C=C\C/C=C\CCCCC. The second-order valence-electron chi connectivity index (χ2n) is 22.0. The van der Waals surface area contributed by atoms with Crippen molar-refractivity contribution >= 4 is 17.9 Å². The van der Waals surface area contributed by atoms with Gasteiger partial charge in [-0.2, -0.15) is 0 Å². The second-order valence-corrected chi connectivity index (χ2v) is 22.0. The average molecular weight is 1060 g/mol. The minimum absolute atomic E-state index is 0.0758. The van der Waals surface area contributed by atoms with Crippen LogP contribution in [0.2, 0.25) is 0 Å². The lowest BCUT2D eigenvalue weighted by Gasteiger charge is -2.18. The maximum Gasteiger partial charge on any atom is 0.306 e. The molecule has 0 saturated carbocycles. The van der Waals surface area contributed by atoms with Gasteiger partial charge in [0.1, 0.15) is 13.2 Å². The van der Waals surface area contributed by atoms with Gasteiger partial charge in [-0.15, -0.1) is 0 Å². The Hall–Kier alpha value is -3.15. The molecule has 0 saturated heterocycles. The summed E-state index contributed by atoms with van der Waals surface area (Å²) in [6.45, 7) is 6.49. The van der Waals surface area contributed by atoms with Gasteiger partial charge < -0.3 is 14.2 Å². The van der Waals surface area contributed by atoms with Crippen molar-refractivity contribution in [2.75, 3.05) is 13.2 Å². The molecule has 0 fully saturated rings. The van der Waals surface area contributed by atoms with Crippen molar-refractivity contribution < 1.29 is 28.6 Å². The molecular formula is C70H124O6. The summed E-state index contributed by atoms with van der Waals surface area (Å²) in [5.74, 6) is -0.879. The Balaban J connectivity index is 3.97. The molecule has 6 nitrogen and oxygen atoms in total. The van der Waals surface area contributed by atoms with Crippen LogP contribution < -0.4 is 0 Å². The summed E-state index contributed by atoms with van der Waals surface area (Å²) in [6, 6.07) is 0. The number of esters is 3. The third-order valence-corrected chi connectivity index (χ3v) is 14.4. The van der Waals surface area contributed by atoms with Crippen LogP contribution in [0.1, 0.15) is 335 Å². The fourth-order valence-corrected chi connectivity index (χ4v) is 9.53. The van der Waals surface area contributed by atoms with Gasteiger partial charge in [0.15, 0.2) is 6.10 Å². The van der Waals surface area contributed by atoms with Crippen LogP contribution in [0.25, 0.3) is 0 Å². The monoisotopic (exact) mass is 1060 g/mol. The van der Waals surface area contributed by atoms with Gasteiger partial charge in [0.2, 0.25) is 0 Å². The first-order valence-corrected chi connectivity index (χ1v) is 32.9. The van der Waals surface area contributed by atoms with Gasteiger partial charge in [-0.3, -0.25) is 14.4 Å². The number of allylic oxidation sites excluding steroid dienone is 12. The van der Waals surface area contributed by atoms with Crippen LogP contribution in [-0.2, 0) is 28.6 Å². The maximum absolute atomic E-state index is 12.8. The van der Waals surface area contributed by atoms with Crippen molar-refractivity contribution in [3.63, 3.8) is 0 Å². The average Bonchev–Trinajstić information content (AvgIpc) is 3.42. The lowest BCUT2D eigenvalue weighted by Crippen LogP contribution is -2.30. The van der Waals surface area contributed by atoms with Crippen molar-refractivity contribution in [3.8, 4) is 0 Å². The van der Waals surface area contributed by atoms with Crippen molar-refractivity contribution in [3.05, 3.63) is 72.9 Å². The highest BCUT2D eigenvalue weighted by Crippen LogP contribution is 2.17. The van der Waals surface area contributed by atoms with Crippen LogP contribution in [0.4, 0.5) is 0 Å². The molecule has 0 rings (SSSR count). The topological polar surface area (TPSA) is 78.9 Å². The van der Waals surface area contributed by atoms with E-state index in [1.807, 2.05) is 0 Å². The Morgan fingerprint density at radius 2 is 0.513 bits per heavy atom. The molecule has 0 radical (unpaired) electrons. The summed E-state index contributed by atoms with van der Waals surface area (Å²) in [5.41, 5.74) is 0. The van der Waals surface area contributed by atoms with E-state index in [4.69, 9.17) is 14.2 Å². The molecule has 1 unspecified atom stereocenters. The summed E-state index contributed by atoms with van der Waals surface area (Å²) in [4.78, 5) is 38.1. The molecule has 0 heterocycles. The van der Waals surface area contributed by atoms with E-state index in [0.29, 0.717) is 19.3 Å². The van der Waals surface area contributed by atoms with Crippen LogP contribution in [0.15, 0.2) is 72.9 Å². The third kappa shape index (κ3) is 61.7. The highest BCUT2D eigenvalue weighted by Gasteiger charge is 2.19. The highest BCUT2D eigenvalue weighted by molar-refractivity contribution is 5.71. The van der Waals surface area contributed by atoms with Crippen LogP contribution in [-0.4, -0.2) is 37.2 Å². The molecular weight excluding hydrogens is 937 g/mol. The summed E-state index contributed by atoms with van der Waals surface area (Å²) in [6.07, 6.45) is 83.8. The first-order valence-electron chi connectivity index (χ1n) is 32.9. The van der Waals surface area contributed by atoms with Gasteiger partial charge >= 0.3 is 17.9 Å². The van der Waals surface area contributed by atoms with E-state index < -0.39 is 6.10 Å². The molecule has 0 amide bonds. The van der Waals surface area contributed by atoms with Crippen molar-refractivity contribution in [1.29, 1.82) is 0 Å². The molecule has 0 N–H and O–H groups in total. The zero-order valence-electron chi connectivity index (χ0n) is 50.5. The first-order chi connectivity index (χ1) is 37.5. The largest absolute Gasteiger partial charge is 0.462 e. The summed E-state index contributed by atoms with van der Waals surface area (Å²) < 4.78 is 16.8.